The number of aliphatic hydroxyl groups excluding tert-OH is 5. The summed E-state index contributed by atoms with van der Waals surface area (Å²) >= 11 is 0. The predicted octanol–water partition coefficient (Wildman–Crippen LogP) is -0.868. The zero-order valence-corrected chi connectivity index (χ0v) is 16.7. The van der Waals surface area contributed by atoms with Crippen LogP contribution in [0.25, 0.3) is 0 Å². The molecule has 2 aliphatic carbocycles. The molecule has 10 atom stereocenters. The number of hydrogen-bond acceptors (Lipinski definition) is 9. The molecule has 0 aromatic rings. The zero-order valence-electron chi connectivity index (χ0n) is 16.7. The summed E-state index contributed by atoms with van der Waals surface area (Å²) in [5.41, 5.74) is 1.82. The number of fused-ring (bicyclic) bond motifs is 3. The van der Waals surface area contributed by atoms with Gasteiger partial charge in [-0.25, -0.2) is 4.79 Å². The molecular weight excluding hydrogens is 396 g/mol. The number of rotatable bonds is 3. The Morgan fingerprint density at radius 3 is 2.43 bits per heavy atom. The van der Waals surface area contributed by atoms with E-state index in [0.29, 0.717) is 18.6 Å². The fourth-order valence-corrected chi connectivity index (χ4v) is 5.20. The Morgan fingerprint density at radius 1 is 1.07 bits per heavy atom. The highest BCUT2D eigenvalue weighted by Crippen LogP contribution is 2.52. The van der Waals surface area contributed by atoms with Gasteiger partial charge >= 0.3 is 5.97 Å². The molecule has 0 spiro atoms. The Bertz CT molecular complexity index is 787. The van der Waals surface area contributed by atoms with Crippen LogP contribution >= 0.6 is 0 Å². The normalized spacial score (nSPS) is 46.4. The van der Waals surface area contributed by atoms with Gasteiger partial charge in [0.25, 0.3) is 0 Å². The molecule has 0 unspecified atom stereocenters. The van der Waals surface area contributed by atoms with E-state index in [-0.39, 0.29) is 17.4 Å². The SMILES string of the molecule is C=C1C(=O)O[C@@H]2[C@H]3C(C)=C(O[C@@H]4O[C@H](CO)[C@@H](O)[C@H](O)[C@H]4O)C[C@H]3C(=C)C[C@H](O)[C@@H]12. The van der Waals surface area contributed by atoms with Crippen LogP contribution < -0.4 is 0 Å². The van der Waals surface area contributed by atoms with Crippen molar-refractivity contribution in [2.24, 2.45) is 17.8 Å². The molecule has 4 rings (SSSR count). The van der Waals surface area contributed by atoms with Gasteiger partial charge in [-0.05, 0) is 24.8 Å². The Hall–Kier alpha value is -1.75. The minimum atomic E-state index is -1.54. The molecule has 0 aromatic heterocycles. The highest BCUT2D eigenvalue weighted by atomic mass is 16.7. The quantitative estimate of drug-likeness (QED) is 0.222. The summed E-state index contributed by atoms with van der Waals surface area (Å²) in [4.78, 5) is 12.1. The molecular formula is C21H28O9. The first kappa shape index (κ1) is 21.5. The fourth-order valence-electron chi connectivity index (χ4n) is 5.20. The third-order valence-corrected chi connectivity index (χ3v) is 6.91. The van der Waals surface area contributed by atoms with Crippen LogP contribution in [0.5, 0.6) is 0 Å². The predicted molar refractivity (Wildman–Crippen MR) is 101 cm³/mol. The average molecular weight is 424 g/mol. The van der Waals surface area contributed by atoms with Crippen molar-refractivity contribution >= 4 is 5.97 Å². The number of carbonyl (C=O) groups excluding carboxylic acids is 1. The van der Waals surface area contributed by atoms with E-state index < -0.39 is 61.4 Å². The van der Waals surface area contributed by atoms with Crippen molar-refractivity contribution in [3.05, 3.63) is 35.6 Å². The van der Waals surface area contributed by atoms with Crippen LogP contribution in [-0.2, 0) is 19.0 Å². The second-order valence-corrected chi connectivity index (χ2v) is 8.61. The van der Waals surface area contributed by atoms with Gasteiger partial charge in [0, 0.05) is 17.9 Å². The van der Waals surface area contributed by atoms with Crippen LogP contribution in [0, 0.1) is 17.8 Å². The summed E-state index contributed by atoms with van der Waals surface area (Å²) in [5.74, 6) is -0.979. The zero-order chi connectivity index (χ0) is 21.9. The van der Waals surface area contributed by atoms with E-state index in [4.69, 9.17) is 14.2 Å². The highest BCUT2D eigenvalue weighted by Gasteiger charge is 2.55. The number of allylic oxidation sites excluding steroid dienone is 1. The topological polar surface area (TPSA) is 146 Å². The summed E-state index contributed by atoms with van der Waals surface area (Å²) < 4.78 is 16.9. The standard InChI is InChI=1S/C21H28O9/c1-7-4-11(23)15-9(3)20(27)30-19(15)14-8(2)12(5-10(7)14)28-21-18(26)17(25)16(24)13(6-22)29-21/h10-11,13-19,21-26H,1,3-6H2,2H3/t10-,11-,13+,14-,15+,16+,17-,18+,19+,21+/m0/s1. The third-order valence-electron chi connectivity index (χ3n) is 6.91. The lowest BCUT2D eigenvalue weighted by molar-refractivity contribution is -0.292. The van der Waals surface area contributed by atoms with E-state index in [1.807, 2.05) is 6.92 Å². The minimum Gasteiger partial charge on any atom is -0.466 e. The maximum atomic E-state index is 12.1. The lowest BCUT2D eigenvalue weighted by atomic mass is 9.80. The summed E-state index contributed by atoms with van der Waals surface area (Å²) in [6.07, 6.45) is -7.60. The number of ether oxygens (including phenoxy) is 3. The van der Waals surface area contributed by atoms with Crippen LogP contribution in [0.1, 0.15) is 19.8 Å². The molecule has 0 bridgehead atoms. The van der Waals surface area contributed by atoms with Crippen molar-refractivity contribution in [3.8, 4) is 0 Å². The van der Waals surface area contributed by atoms with Crippen molar-refractivity contribution < 1.29 is 44.5 Å². The molecule has 166 valence electrons. The number of aliphatic hydroxyl groups is 5. The van der Waals surface area contributed by atoms with Crippen molar-refractivity contribution in [1.82, 2.24) is 0 Å². The van der Waals surface area contributed by atoms with Gasteiger partial charge in [0.1, 0.15) is 30.5 Å². The average Bonchev–Trinajstić information content (AvgIpc) is 3.15. The van der Waals surface area contributed by atoms with Crippen molar-refractivity contribution in [1.29, 1.82) is 0 Å². The molecule has 1 saturated carbocycles. The second kappa shape index (κ2) is 7.74. The van der Waals surface area contributed by atoms with Crippen LogP contribution in [0.4, 0.5) is 0 Å². The van der Waals surface area contributed by atoms with Crippen LogP contribution in [0.3, 0.4) is 0 Å². The molecule has 2 aliphatic heterocycles. The molecule has 2 saturated heterocycles. The third kappa shape index (κ3) is 3.21. The van der Waals surface area contributed by atoms with Crippen LogP contribution in [0.2, 0.25) is 0 Å². The van der Waals surface area contributed by atoms with Crippen molar-refractivity contribution in [2.45, 2.75) is 62.7 Å². The first-order valence-electron chi connectivity index (χ1n) is 10.1. The molecule has 0 amide bonds. The Balaban J connectivity index is 1.61. The summed E-state index contributed by atoms with van der Waals surface area (Å²) in [6, 6.07) is 0. The highest BCUT2D eigenvalue weighted by molar-refractivity contribution is 5.91. The molecule has 30 heavy (non-hydrogen) atoms. The van der Waals surface area contributed by atoms with Gasteiger partial charge < -0.3 is 39.7 Å². The lowest BCUT2D eigenvalue weighted by Gasteiger charge is -2.40. The molecule has 5 N–H and O–H groups in total. The molecule has 4 aliphatic rings. The first-order valence-corrected chi connectivity index (χ1v) is 10.1. The maximum absolute atomic E-state index is 12.1. The van der Waals surface area contributed by atoms with Crippen molar-refractivity contribution in [2.75, 3.05) is 6.61 Å². The summed E-state index contributed by atoms with van der Waals surface area (Å²) in [7, 11) is 0. The molecule has 2 heterocycles. The smallest absolute Gasteiger partial charge is 0.334 e. The Morgan fingerprint density at radius 2 is 1.77 bits per heavy atom. The summed E-state index contributed by atoms with van der Waals surface area (Å²) in [5, 5.41) is 50.2. The van der Waals surface area contributed by atoms with E-state index in [9.17, 15) is 30.3 Å². The lowest BCUT2D eigenvalue weighted by Crippen LogP contribution is -2.59. The second-order valence-electron chi connectivity index (χ2n) is 8.61. The number of carbonyl (C=O) groups is 1. The molecule has 9 heteroatoms. The molecule has 9 nitrogen and oxygen atoms in total. The fraction of sp³-hybridized carbons (Fsp3) is 0.667. The molecule has 3 fully saturated rings. The van der Waals surface area contributed by atoms with E-state index in [2.05, 4.69) is 13.2 Å². The molecule has 0 aromatic carbocycles. The maximum Gasteiger partial charge on any atom is 0.334 e. The summed E-state index contributed by atoms with van der Waals surface area (Å²) in [6.45, 7) is 9.18. The van der Waals surface area contributed by atoms with Crippen LogP contribution in [-0.4, -0.2) is 81.0 Å². The monoisotopic (exact) mass is 424 g/mol. The minimum absolute atomic E-state index is 0.145. The first-order chi connectivity index (χ1) is 14.1. The number of hydrogen-bond donors (Lipinski definition) is 5. The van der Waals surface area contributed by atoms with Gasteiger partial charge in [-0.15, -0.1) is 0 Å². The Kier molecular flexibility index (Phi) is 5.54. The van der Waals surface area contributed by atoms with E-state index in [1.165, 1.54) is 0 Å². The Labute approximate surface area is 173 Å². The van der Waals surface area contributed by atoms with Gasteiger partial charge in [0.15, 0.2) is 0 Å². The van der Waals surface area contributed by atoms with Gasteiger partial charge in [-0.1, -0.05) is 18.7 Å². The number of esters is 1. The molecule has 0 radical (unpaired) electrons. The van der Waals surface area contributed by atoms with E-state index >= 15 is 0 Å². The van der Waals surface area contributed by atoms with E-state index in [1.54, 1.807) is 0 Å². The largest absolute Gasteiger partial charge is 0.466 e. The van der Waals surface area contributed by atoms with Gasteiger partial charge in [-0.3, -0.25) is 0 Å². The van der Waals surface area contributed by atoms with Gasteiger partial charge in [-0.2, -0.15) is 0 Å². The van der Waals surface area contributed by atoms with Crippen LogP contribution in [0.15, 0.2) is 35.6 Å². The van der Waals surface area contributed by atoms with Gasteiger partial charge in [0.05, 0.1) is 24.4 Å². The van der Waals surface area contributed by atoms with E-state index in [0.717, 1.165) is 11.1 Å². The van der Waals surface area contributed by atoms with Crippen molar-refractivity contribution in [3.63, 3.8) is 0 Å². The van der Waals surface area contributed by atoms with Gasteiger partial charge in [0.2, 0.25) is 6.29 Å².